The molecule has 2 N–H and O–H groups in total. The Morgan fingerprint density at radius 1 is 1.26 bits per heavy atom. The van der Waals surface area contributed by atoms with Crippen molar-refractivity contribution in [2.75, 3.05) is 24.6 Å². The van der Waals surface area contributed by atoms with E-state index in [4.69, 9.17) is 0 Å². The molecule has 7 nitrogen and oxygen atoms in total. The lowest BCUT2D eigenvalue weighted by atomic mass is 10.0. The molecule has 2 aliphatic rings. The minimum atomic E-state index is -2.80. The number of likely N-dealkylation sites (tertiary alicyclic amines) is 1. The Labute approximate surface area is 136 Å². The van der Waals surface area contributed by atoms with Gasteiger partial charge >= 0.3 is 0 Å². The van der Waals surface area contributed by atoms with E-state index < -0.39 is 9.84 Å². The summed E-state index contributed by atoms with van der Waals surface area (Å²) in [6, 6.07) is 0.541. The van der Waals surface area contributed by atoms with E-state index in [1.54, 1.807) is 6.20 Å². The standard InChI is InChI=1S/C15H24N4O3S/c1-11-10-16-14(17-11)15(20)18-12-2-6-19(7-3-12)13-4-8-23(21,22)9-5-13/h10,12-13H,2-9H2,1H3,(H,16,17)(H,18,20). The number of rotatable bonds is 3. The Balaban J connectivity index is 1.46. The number of nitrogens with one attached hydrogen (secondary N) is 2. The van der Waals surface area contributed by atoms with Crippen LogP contribution in [0.3, 0.4) is 0 Å². The van der Waals surface area contributed by atoms with Gasteiger partial charge in [-0.2, -0.15) is 0 Å². The van der Waals surface area contributed by atoms with Gasteiger partial charge in [-0.15, -0.1) is 0 Å². The Bertz CT molecular complexity index is 648. The van der Waals surface area contributed by atoms with Gasteiger partial charge in [0, 0.05) is 37.1 Å². The van der Waals surface area contributed by atoms with Gasteiger partial charge in [0.15, 0.2) is 5.82 Å². The second-order valence-electron chi connectivity index (χ2n) is 6.58. The summed E-state index contributed by atoms with van der Waals surface area (Å²) in [5.74, 6) is 0.834. The first-order chi connectivity index (χ1) is 10.9. The van der Waals surface area contributed by atoms with Crippen LogP contribution in [0.25, 0.3) is 0 Å². The predicted octanol–water partition coefficient (Wildman–Crippen LogP) is 0.490. The molecule has 0 atom stereocenters. The number of hydrogen-bond donors (Lipinski definition) is 2. The molecule has 128 valence electrons. The normalized spacial score (nSPS) is 23.7. The van der Waals surface area contributed by atoms with Crippen LogP contribution in [0, 0.1) is 6.92 Å². The van der Waals surface area contributed by atoms with E-state index >= 15 is 0 Å². The first-order valence-corrected chi connectivity index (χ1v) is 10.0. The number of aromatic amines is 1. The third kappa shape index (κ3) is 4.11. The summed E-state index contributed by atoms with van der Waals surface area (Å²) in [6.45, 7) is 3.69. The van der Waals surface area contributed by atoms with Crippen LogP contribution in [0.5, 0.6) is 0 Å². The van der Waals surface area contributed by atoms with Gasteiger partial charge in [-0.25, -0.2) is 13.4 Å². The van der Waals surface area contributed by atoms with Gasteiger partial charge in [-0.05, 0) is 32.6 Å². The molecule has 0 radical (unpaired) electrons. The van der Waals surface area contributed by atoms with Crippen molar-refractivity contribution < 1.29 is 13.2 Å². The molecular formula is C15H24N4O3S. The number of hydrogen-bond acceptors (Lipinski definition) is 5. The van der Waals surface area contributed by atoms with E-state index in [0.29, 0.717) is 23.4 Å². The van der Waals surface area contributed by atoms with Crippen LogP contribution in [0.15, 0.2) is 6.20 Å². The third-order valence-corrected chi connectivity index (χ3v) is 6.54. The van der Waals surface area contributed by atoms with Crippen molar-refractivity contribution in [3.05, 3.63) is 17.7 Å². The van der Waals surface area contributed by atoms with Gasteiger partial charge < -0.3 is 15.2 Å². The van der Waals surface area contributed by atoms with Crippen LogP contribution in [-0.4, -0.2) is 65.9 Å². The van der Waals surface area contributed by atoms with Crippen molar-refractivity contribution in [1.29, 1.82) is 0 Å². The van der Waals surface area contributed by atoms with Crippen molar-refractivity contribution in [2.45, 2.75) is 44.7 Å². The van der Waals surface area contributed by atoms with Crippen LogP contribution in [-0.2, 0) is 9.84 Å². The van der Waals surface area contributed by atoms with Crippen molar-refractivity contribution in [3.8, 4) is 0 Å². The molecule has 0 spiro atoms. The number of H-pyrrole nitrogens is 1. The van der Waals surface area contributed by atoms with Gasteiger partial charge in [0.25, 0.3) is 5.91 Å². The van der Waals surface area contributed by atoms with E-state index in [0.717, 1.165) is 44.5 Å². The number of aromatic nitrogens is 2. The topological polar surface area (TPSA) is 95.2 Å². The third-order valence-electron chi connectivity index (χ3n) is 4.82. The monoisotopic (exact) mass is 340 g/mol. The molecule has 0 saturated carbocycles. The van der Waals surface area contributed by atoms with Crippen molar-refractivity contribution in [3.63, 3.8) is 0 Å². The van der Waals surface area contributed by atoms with Gasteiger partial charge in [0.05, 0.1) is 11.5 Å². The maximum atomic E-state index is 12.1. The fourth-order valence-corrected chi connectivity index (χ4v) is 4.90. The quantitative estimate of drug-likeness (QED) is 0.835. The first kappa shape index (κ1) is 16.4. The highest BCUT2D eigenvalue weighted by Gasteiger charge is 2.31. The Morgan fingerprint density at radius 2 is 1.91 bits per heavy atom. The Kier molecular flexibility index (Phi) is 4.72. The first-order valence-electron chi connectivity index (χ1n) is 8.20. The van der Waals surface area contributed by atoms with Crippen molar-refractivity contribution in [1.82, 2.24) is 20.2 Å². The lowest BCUT2D eigenvalue weighted by Crippen LogP contribution is -2.49. The van der Waals surface area contributed by atoms with Crippen LogP contribution >= 0.6 is 0 Å². The van der Waals surface area contributed by atoms with E-state index in [1.165, 1.54) is 0 Å². The SMILES string of the molecule is Cc1cnc(C(=O)NC2CCN(C3CCS(=O)(=O)CC3)CC2)[nH]1. The van der Waals surface area contributed by atoms with Crippen LogP contribution in [0.2, 0.25) is 0 Å². The molecule has 0 aromatic carbocycles. The molecule has 3 rings (SSSR count). The zero-order chi connectivity index (χ0) is 16.4. The summed E-state index contributed by atoms with van der Waals surface area (Å²) >= 11 is 0. The van der Waals surface area contributed by atoms with E-state index in [1.807, 2.05) is 6.92 Å². The summed E-state index contributed by atoms with van der Waals surface area (Å²) < 4.78 is 23.0. The maximum Gasteiger partial charge on any atom is 0.287 e. The van der Waals surface area contributed by atoms with Crippen LogP contribution < -0.4 is 5.32 Å². The van der Waals surface area contributed by atoms with Crippen molar-refractivity contribution in [2.24, 2.45) is 0 Å². The highest BCUT2D eigenvalue weighted by atomic mass is 32.2. The largest absolute Gasteiger partial charge is 0.347 e. The van der Waals surface area contributed by atoms with Crippen molar-refractivity contribution >= 4 is 15.7 Å². The molecular weight excluding hydrogens is 316 g/mol. The molecule has 1 aromatic rings. The number of carbonyl (C=O) groups excluding carboxylic acids is 1. The van der Waals surface area contributed by atoms with Gasteiger partial charge in [0.2, 0.25) is 0 Å². The molecule has 2 aliphatic heterocycles. The summed E-state index contributed by atoms with van der Waals surface area (Å²) in [4.78, 5) is 21.5. The smallest absolute Gasteiger partial charge is 0.287 e. The molecule has 3 heterocycles. The fourth-order valence-electron chi connectivity index (χ4n) is 3.43. The number of carbonyl (C=O) groups is 1. The summed E-state index contributed by atoms with van der Waals surface area (Å²) in [5.41, 5.74) is 0.872. The summed E-state index contributed by atoms with van der Waals surface area (Å²) in [6.07, 6.45) is 4.92. The van der Waals surface area contributed by atoms with Gasteiger partial charge in [-0.1, -0.05) is 0 Å². The highest BCUT2D eigenvalue weighted by molar-refractivity contribution is 7.91. The second-order valence-corrected chi connectivity index (χ2v) is 8.89. The van der Waals surface area contributed by atoms with Crippen LogP contribution in [0.4, 0.5) is 0 Å². The predicted molar refractivity (Wildman–Crippen MR) is 87.1 cm³/mol. The minimum absolute atomic E-state index is 0.152. The number of piperidine rings is 1. The van der Waals surface area contributed by atoms with Gasteiger partial charge in [0.1, 0.15) is 9.84 Å². The lowest BCUT2D eigenvalue weighted by molar-refractivity contribution is 0.0876. The fraction of sp³-hybridized carbons (Fsp3) is 0.733. The van der Waals surface area contributed by atoms with E-state index in [-0.39, 0.29) is 11.9 Å². The zero-order valence-corrected chi connectivity index (χ0v) is 14.2. The average molecular weight is 340 g/mol. The number of imidazole rings is 1. The Hall–Kier alpha value is -1.41. The molecule has 0 aliphatic carbocycles. The lowest BCUT2D eigenvalue weighted by Gasteiger charge is -2.39. The molecule has 0 unspecified atom stereocenters. The molecule has 0 bridgehead atoms. The molecule has 1 aromatic heterocycles. The zero-order valence-electron chi connectivity index (χ0n) is 13.4. The summed E-state index contributed by atoms with van der Waals surface area (Å²) in [5, 5.41) is 3.03. The minimum Gasteiger partial charge on any atom is -0.347 e. The molecule has 2 saturated heterocycles. The number of nitrogens with zero attached hydrogens (tertiary/aromatic N) is 2. The van der Waals surface area contributed by atoms with Crippen LogP contribution in [0.1, 0.15) is 42.0 Å². The van der Waals surface area contributed by atoms with E-state index in [9.17, 15) is 13.2 Å². The molecule has 2 fully saturated rings. The summed E-state index contributed by atoms with van der Waals surface area (Å²) in [7, 11) is -2.80. The second kappa shape index (κ2) is 6.60. The maximum absolute atomic E-state index is 12.1. The highest BCUT2D eigenvalue weighted by Crippen LogP contribution is 2.22. The average Bonchev–Trinajstić information content (AvgIpc) is 2.95. The van der Waals surface area contributed by atoms with Gasteiger partial charge in [-0.3, -0.25) is 4.79 Å². The number of aryl methyl sites for hydroxylation is 1. The molecule has 23 heavy (non-hydrogen) atoms. The van der Waals surface area contributed by atoms with E-state index in [2.05, 4.69) is 20.2 Å². The molecule has 8 heteroatoms. The molecule has 1 amide bonds. The number of amides is 1. The number of sulfone groups is 1. The Morgan fingerprint density at radius 3 is 2.48 bits per heavy atom.